The zero-order chi connectivity index (χ0) is 24.2. The van der Waals surface area contributed by atoms with Gasteiger partial charge in [0.1, 0.15) is 18.3 Å². The summed E-state index contributed by atoms with van der Waals surface area (Å²) in [6.45, 7) is 3.59. The second kappa shape index (κ2) is 10.2. The summed E-state index contributed by atoms with van der Waals surface area (Å²) < 4.78 is 5.45. The van der Waals surface area contributed by atoms with Crippen molar-refractivity contribution in [3.05, 3.63) is 53.6 Å². The maximum absolute atomic E-state index is 13.4. The van der Waals surface area contributed by atoms with Gasteiger partial charge in [-0.05, 0) is 62.1 Å². The number of nitrogens with zero attached hydrogens (tertiary/aromatic N) is 3. The molecule has 0 aliphatic carbocycles. The van der Waals surface area contributed by atoms with E-state index in [0.29, 0.717) is 24.4 Å². The van der Waals surface area contributed by atoms with Crippen LogP contribution in [0.25, 0.3) is 0 Å². The molecule has 1 fully saturated rings. The van der Waals surface area contributed by atoms with Crippen molar-refractivity contribution in [1.29, 1.82) is 0 Å². The smallest absolute Gasteiger partial charge is 0.253 e. The first-order chi connectivity index (χ1) is 16.4. The molecular formula is C26H32N4O4. The monoisotopic (exact) mass is 464 g/mol. The lowest BCUT2D eigenvalue weighted by molar-refractivity contribution is -0.125. The van der Waals surface area contributed by atoms with Crippen molar-refractivity contribution in [3.63, 3.8) is 0 Å². The molecule has 0 aromatic heterocycles. The van der Waals surface area contributed by atoms with Crippen LogP contribution in [0.15, 0.2) is 42.5 Å². The normalized spacial score (nSPS) is 17.0. The topological polar surface area (TPSA) is 82.2 Å². The van der Waals surface area contributed by atoms with E-state index < -0.39 is 0 Å². The van der Waals surface area contributed by atoms with Crippen LogP contribution in [0, 0.1) is 0 Å². The van der Waals surface area contributed by atoms with Gasteiger partial charge < -0.3 is 19.9 Å². The van der Waals surface area contributed by atoms with Crippen LogP contribution in [-0.4, -0.2) is 62.5 Å². The highest BCUT2D eigenvalue weighted by Gasteiger charge is 2.40. The third-order valence-electron chi connectivity index (χ3n) is 6.31. The maximum atomic E-state index is 13.4. The third-order valence-corrected chi connectivity index (χ3v) is 6.31. The minimum absolute atomic E-state index is 0.0853. The summed E-state index contributed by atoms with van der Waals surface area (Å²) in [4.78, 5) is 44.1. The minimum Gasteiger partial charge on any atom is -0.494 e. The Balaban J connectivity index is 1.53. The van der Waals surface area contributed by atoms with Crippen LogP contribution >= 0.6 is 0 Å². The predicted octanol–water partition coefficient (Wildman–Crippen LogP) is 2.81. The van der Waals surface area contributed by atoms with Crippen LogP contribution in [0.5, 0.6) is 5.75 Å². The number of piperidine rings is 1. The Morgan fingerprint density at radius 2 is 1.85 bits per heavy atom. The lowest BCUT2D eigenvalue weighted by atomic mass is 9.95. The number of anilines is 2. The molecule has 8 nitrogen and oxygen atoms in total. The fourth-order valence-electron chi connectivity index (χ4n) is 4.58. The van der Waals surface area contributed by atoms with Crippen molar-refractivity contribution in [3.8, 4) is 5.75 Å². The maximum Gasteiger partial charge on any atom is 0.253 e. The summed E-state index contributed by atoms with van der Waals surface area (Å²) in [7, 11) is 3.39. The Morgan fingerprint density at radius 1 is 1.09 bits per heavy atom. The molecule has 0 spiro atoms. The average Bonchev–Trinajstić information content (AvgIpc) is 2.85. The number of ether oxygens (including phenoxy) is 1. The molecule has 2 aromatic rings. The lowest BCUT2D eigenvalue weighted by Gasteiger charge is -2.45. The fourth-order valence-corrected chi connectivity index (χ4v) is 4.58. The number of carbonyl (C=O) groups is 3. The zero-order valence-corrected chi connectivity index (χ0v) is 20.0. The van der Waals surface area contributed by atoms with E-state index in [9.17, 15) is 14.4 Å². The number of benzene rings is 2. The van der Waals surface area contributed by atoms with E-state index in [0.717, 1.165) is 42.8 Å². The van der Waals surface area contributed by atoms with Crippen LogP contribution in [0.1, 0.15) is 42.1 Å². The molecule has 8 heteroatoms. The molecule has 0 bridgehead atoms. The average molecular weight is 465 g/mol. The molecule has 2 aliphatic rings. The highest BCUT2D eigenvalue weighted by atomic mass is 16.5. The summed E-state index contributed by atoms with van der Waals surface area (Å²) in [6.07, 6.45) is 2.77. The molecule has 4 rings (SSSR count). The quantitative estimate of drug-likeness (QED) is 0.682. The molecule has 2 heterocycles. The zero-order valence-electron chi connectivity index (χ0n) is 20.0. The predicted molar refractivity (Wildman–Crippen MR) is 131 cm³/mol. The number of hydrogen-bond donors (Lipinski definition) is 1. The Labute approximate surface area is 200 Å². The fraction of sp³-hybridized carbons (Fsp3) is 0.423. The Kier molecular flexibility index (Phi) is 7.05. The Bertz CT molecular complexity index is 1070. The van der Waals surface area contributed by atoms with Crippen LogP contribution < -0.4 is 19.9 Å². The molecule has 180 valence electrons. The molecule has 0 radical (unpaired) electrons. The summed E-state index contributed by atoms with van der Waals surface area (Å²) in [5.74, 6) is 0.309. The second-order valence-electron chi connectivity index (χ2n) is 8.89. The number of amides is 3. The lowest BCUT2D eigenvalue weighted by Crippen LogP contribution is -2.57. The van der Waals surface area contributed by atoms with Crippen LogP contribution in [0.4, 0.5) is 11.4 Å². The molecule has 1 atom stereocenters. The third kappa shape index (κ3) is 4.85. The standard InChI is InChI=1S/C26H32N4O4/c1-4-34-20-11-8-18(9-12-20)16-27-24(31)17-30-23-15-19(25(32)28(2)3)10-13-21(23)29-14-6-5-7-22(29)26(30)33/h8-13,15,22H,4-7,14,16-17H2,1-3H3,(H,27,31)/t22-/m1/s1. The van der Waals surface area contributed by atoms with Gasteiger partial charge >= 0.3 is 0 Å². The highest BCUT2D eigenvalue weighted by molar-refractivity contribution is 6.09. The van der Waals surface area contributed by atoms with E-state index in [2.05, 4.69) is 10.2 Å². The van der Waals surface area contributed by atoms with E-state index in [1.807, 2.05) is 37.3 Å². The molecule has 34 heavy (non-hydrogen) atoms. The van der Waals surface area contributed by atoms with Crippen molar-refractivity contribution in [2.75, 3.05) is 43.6 Å². The molecule has 0 unspecified atom stereocenters. The van der Waals surface area contributed by atoms with Gasteiger partial charge in [-0.2, -0.15) is 0 Å². The first-order valence-electron chi connectivity index (χ1n) is 11.8. The minimum atomic E-state index is -0.268. The van der Waals surface area contributed by atoms with Gasteiger partial charge in [-0.25, -0.2) is 0 Å². The number of fused-ring (bicyclic) bond motifs is 3. The van der Waals surface area contributed by atoms with Crippen molar-refractivity contribution >= 4 is 29.1 Å². The van der Waals surface area contributed by atoms with Gasteiger partial charge in [0.25, 0.3) is 5.91 Å². The van der Waals surface area contributed by atoms with E-state index in [4.69, 9.17) is 4.74 Å². The molecule has 1 N–H and O–H groups in total. The first kappa shape index (κ1) is 23.6. The molecule has 2 aromatic carbocycles. The molecule has 3 amide bonds. The summed E-state index contributed by atoms with van der Waals surface area (Å²) in [6, 6.07) is 12.7. The van der Waals surface area contributed by atoms with Crippen LogP contribution in [0.2, 0.25) is 0 Å². The largest absolute Gasteiger partial charge is 0.494 e. The van der Waals surface area contributed by atoms with Crippen LogP contribution in [0.3, 0.4) is 0 Å². The summed E-state index contributed by atoms with van der Waals surface area (Å²) in [5.41, 5.74) is 2.96. The van der Waals surface area contributed by atoms with Gasteiger partial charge in [0.05, 0.1) is 18.0 Å². The summed E-state index contributed by atoms with van der Waals surface area (Å²) >= 11 is 0. The first-order valence-corrected chi connectivity index (χ1v) is 11.8. The number of rotatable bonds is 7. The van der Waals surface area contributed by atoms with Gasteiger partial charge in [0, 0.05) is 32.7 Å². The van der Waals surface area contributed by atoms with Gasteiger partial charge in [0.2, 0.25) is 11.8 Å². The van der Waals surface area contributed by atoms with Crippen molar-refractivity contribution < 1.29 is 19.1 Å². The highest BCUT2D eigenvalue weighted by Crippen LogP contribution is 2.40. The van der Waals surface area contributed by atoms with E-state index in [-0.39, 0.29) is 30.3 Å². The van der Waals surface area contributed by atoms with Crippen molar-refractivity contribution in [2.45, 2.75) is 38.8 Å². The number of hydrogen-bond acceptors (Lipinski definition) is 5. The number of carbonyl (C=O) groups excluding carboxylic acids is 3. The van der Waals surface area contributed by atoms with Crippen LogP contribution in [-0.2, 0) is 16.1 Å². The molecule has 1 saturated heterocycles. The van der Waals surface area contributed by atoms with E-state index >= 15 is 0 Å². The number of nitrogens with one attached hydrogen (secondary N) is 1. The van der Waals surface area contributed by atoms with Gasteiger partial charge in [-0.3, -0.25) is 19.3 Å². The van der Waals surface area contributed by atoms with E-state index in [1.165, 1.54) is 4.90 Å². The van der Waals surface area contributed by atoms with Crippen molar-refractivity contribution in [2.24, 2.45) is 0 Å². The SMILES string of the molecule is CCOc1ccc(CNC(=O)CN2C(=O)[C@H]3CCCCN3c3ccc(C(=O)N(C)C)cc32)cc1. The van der Waals surface area contributed by atoms with Gasteiger partial charge in [-0.1, -0.05) is 12.1 Å². The summed E-state index contributed by atoms with van der Waals surface area (Å²) in [5, 5.41) is 2.91. The molecule has 2 aliphatic heterocycles. The second-order valence-corrected chi connectivity index (χ2v) is 8.89. The van der Waals surface area contributed by atoms with Gasteiger partial charge in [-0.15, -0.1) is 0 Å². The molecular weight excluding hydrogens is 432 g/mol. The Morgan fingerprint density at radius 3 is 2.56 bits per heavy atom. The van der Waals surface area contributed by atoms with E-state index in [1.54, 1.807) is 31.1 Å². The van der Waals surface area contributed by atoms with Gasteiger partial charge in [0.15, 0.2) is 0 Å². The Hall–Kier alpha value is -3.55. The van der Waals surface area contributed by atoms with Crippen molar-refractivity contribution in [1.82, 2.24) is 10.2 Å². The molecule has 0 saturated carbocycles.